The van der Waals surface area contributed by atoms with Gasteiger partial charge in [0, 0.05) is 17.6 Å². The van der Waals surface area contributed by atoms with Gasteiger partial charge in [-0.1, -0.05) is 25.5 Å². The number of para-hydroxylation sites is 1. The van der Waals surface area contributed by atoms with E-state index < -0.39 is 0 Å². The molecule has 0 bridgehead atoms. The lowest BCUT2D eigenvalue weighted by Crippen LogP contribution is -2.03. The van der Waals surface area contributed by atoms with Crippen molar-refractivity contribution in [2.24, 2.45) is 0 Å². The molecule has 0 unspecified atom stereocenters. The van der Waals surface area contributed by atoms with Crippen LogP contribution < -0.4 is 5.32 Å². The van der Waals surface area contributed by atoms with E-state index in [0.29, 0.717) is 0 Å². The van der Waals surface area contributed by atoms with Crippen LogP contribution in [-0.4, -0.2) is 15.8 Å². The van der Waals surface area contributed by atoms with Crippen molar-refractivity contribution in [1.82, 2.24) is 9.55 Å². The average Bonchev–Trinajstić information content (AvgIpc) is 2.77. The molecule has 0 saturated carbocycles. The highest BCUT2D eigenvalue weighted by Gasteiger charge is 2.07. The highest BCUT2D eigenvalue weighted by molar-refractivity contribution is 7.98. The Kier molecular flexibility index (Phi) is 4.91. The molecular weight excluding hydrogens is 254 g/mol. The fourth-order valence-corrected chi connectivity index (χ4v) is 2.57. The maximum Gasteiger partial charge on any atom is 0.207 e. The molecule has 1 aromatic carbocycles. The van der Waals surface area contributed by atoms with E-state index >= 15 is 0 Å². The summed E-state index contributed by atoms with van der Waals surface area (Å²) < 4.78 is 2.20. The van der Waals surface area contributed by atoms with Crippen LogP contribution in [0.4, 0.5) is 11.6 Å². The van der Waals surface area contributed by atoms with E-state index in [-0.39, 0.29) is 0 Å². The van der Waals surface area contributed by atoms with Gasteiger partial charge >= 0.3 is 0 Å². The van der Waals surface area contributed by atoms with E-state index in [1.807, 2.05) is 13.0 Å². The van der Waals surface area contributed by atoms with Crippen molar-refractivity contribution in [3.63, 3.8) is 0 Å². The van der Waals surface area contributed by atoms with E-state index in [1.54, 1.807) is 11.8 Å². The van der Waals surface area contributed by atoms with Crippen LogP contribution in [0.3, 0.4) is 0 Å². The van der Waals surface area contributed by atoms with Crippen molar-refractivity contribution >= 4 is 23.4 Å². The molecule has 0 aliphatic carbocycles. The number of benzene rings is 1. The summed E-state index contributed by atoms with van der Waals surface area (Å²) in [5, 5.41) is 3.45. The van der Waals surface area contributed by atoms with Crippen LogP contribution >= 0.6 is 11.8 Å². The molecule has 102 valence electrons. The fourth-order valence-electron chi connectivity index (χ4n) is 2.01. The van der Waals surface area contributed by atoms with Crippen molar-refractivity contribution in [3.8, 4) is 0 Å². The maximum absolute atomic E-state index is 4.58. The first kappa shape index (κ1) is 14.0. The zero-order valence-corrected chi connectivity index (χ0v) is 12.6. The van der Waals surface area contributed by atoms with Gasteiger partial charge < -0.3 is 9.88 Å². The molecule has 0 fully saturated rings. The zero-order valence-electron chi connectivity index (χ0n) is 11.8. The number of rotatable bonds is 6. The third-order valence-electron chi connectivity index (χ3n) is 3.00. The van der Waals surface area contributed by atoms with Gasteiger partial charge in [0.05, 0.1) is 11.4 Å². The summed E-state index contributed by atoms with van der Waals surface area (Å²) in [6, 6.07) is 8.33. The average molecular weight is 275 g/mol. The minimum absolute atomic E-state index is 0.937. The van der Waals surface area contributed by atoms with Crippen LogP contribution in [0.1, 0.15) is 25.5 Å². The molecule has 3 nitrogen and oxygen atoms in total. The number of unbranched alkanes of at least 4 members (excludes halogenated alkanes) is 1. The smallest absolute Gasteiger partial charge is 0.207 e. The Balaban J connectivity index is 2.22. The van der Waals surface area contributed by atoms with Crippen molar-refractivity contribution < 1.29 is 0 Å². The van der Waals surface area contributed by atoms with Crippen LogP contribution in [0.15, 0.2) is 35.4 Å². The van der Waals surface area contributed by atoms with Crippen molar-refractivity contribution in [2.75, 3.05) is 11.6 Å². The number of hydrogen-bond donors (Lipinski definition) is 1. The number of thioether (sulfide) groups is 1. The first-order chi connectivity index (χ1) is 9.24. The molecule has 0 radical (unpaired) electrons. The molecular formula is C15H21N3S. The van der Waals surface area contributed by atoms with Crippen LogP contribution in [0.25, 0.3) is 0 Å². The van der Waals surface area contributed by atoms with Gasteiger partial charge in [-0.3, -0.25) is 0 Å². The minimum atomic E-state index is 0.937. The van der Waals surface area contributed by atoms with Crippen molar-refractivity contribution in [1.29, 1.82) is 0 Å². The van der Waals surface area contributed by atoms with Gasteiger partial charge in [0.15, 0.2) is 0 Å². The molecule has 0 spiro atoms. The second-order valence-electron chi connectivity index (χ2n) is 4.58. The Labute approximate surface area is 119 Å². The summed E-state index contributed by atoms with van der Waals surface area (Å²) in [5.41, 5.74) is 2.18. The third kappa shape index (κ3) is 3.53. The summed E-state index contributed by atoms with van der Waals surface area (Å²) in [7, 11) is 0. The van der Waals surface area contributed by atoms with Gasteiger partial charge in [-0.2, -0.15) is 0 Å². The SMILES string of the molecule is CCCCn1cc(C)nc1Nc1ccccc1SC. The van der Waals surface area contributed by atoms with E-state index in [9.17, 15) is 0 Å². The maximum atomic E-state index is 4.58. The molecule has 0 aliphatic rings. The summed E-state index contributed by atoms with van der Waals surface area (Å²) in [6.45, 7) is 5.26. The zero-order chi connectivity index (χ0) is 13.7. The van der Waals surface area contributed by atoms with Gasteiger partial charge in [0.2, 0.25) is 5.95 Å². The van der Waals surface area contributed by atoms with Crippen molar-refractivity contribution in [2.45, 2.75) is 38.1 Å². The van der Waals surface area contributed by atoms with Crippen LogP contribution in [0, 0.1) is 6.92 Å². The summed E-state index contributed by atoms with van der Waals surface area (Å²) >= 11 is 1.75. The van der Waals surface area contributed by atoms with Crippen molar-refractivity contribution in [3.05, 3.63) is 36.2 Å². The Bertz CT molecular complexity index is 534. The van der Waals surface area contributed by atoms with E-state index in [0.717, 1.165) is 23.9 Å². The summed E-state index contributed by atoms with van der Waals surface area (Å²) in [4.78, 5) is 5.82. The van der Waals surface area contributed by atoms with Gasteiger partial charge in [-0.05, 0) is 31.7 Å². The predicted molar refractivity (Wildman–Crippen MR) is 83.4 cm³/mol. The summed E-state index contributed by atoms with van der Waals surface area (Å²) in [6.07, 6.45) is 6.57. The Morgan fingerprint density at radius 3 is 2.84 bits per heavy atom. The molecule has 1 N–H and O–H groups in total. The van der Waals surface area contributed by atoms with Crippen LogP contribution in [0.5, 0.6) is 0 Å². The minimum Gasteiger partial charge on any atom is -0.325 e. The number of nitrogens with zero attached hydrogens (tertiary/aromatic N) is 2. The van der Waals surface area contributed by atoms with E-state index in [1.165, 1.54) is 17.7 Å². The monoisotopic (exact) mass is 275 g/mol. The van der Waals surface area contributed by atoms with E-state index in [2.05, 4.69) is 52.4 Å². The molecule has 4 heteroatoms. The number of nitrogens with one attached hydrogen (secondary N) is 1. The molecule has 0 aliphatic heterocycles. The summed E-state index contributed by atoms with van der Waals surface area (Å²) in [5.74, 6) is 0.937. The molecule has 2 aromatic rings. The predicted octanol–water partition coefficient (Wildman–Crippen LogP) is 4.46. The molecule has 0 amide bonds. The topological polar surface area (TPSA) is 29.9 Å². The molecule has 19 heavy (non-hydrogen) atoms. The molecule has 1 heterocycles. The fraction of sp³-hybridized carbons (Fsp3) is 0.400. The van der Waals surface area contributed by atoms with Gasteiger partial charge in [0.1, 0.15) is 0 Å². The molecule has 0 saturated heterocycles. The number of anilines is 2. The number of hydrogen-bond acceptors (Lipinski definition) is 3. The lowest BCUT2D eigenvalue weighted by atomic mass is 10.3. The second-order valence-corrected chi connectivity index (χ2v) is 5.43. The molecule has 1 aromatic heterocycles. The van der Waals surface area contributed by atoms with Gasteiger partial charge in [-0.15, -0.1) is 11.8 Å². The highest BCUT2D eigenvalue weighted by atomic mass is 32.2. The highest BCUT2D eigenvalue weighted by Crippen LogP contribution is 2.27. The lowest BCUT2D eigenvalue weighted by Gasteiger charge is -2.11. The van der Waals surface area contributed by atoms with Gasteiger partial charge in [-0.25, -0.2) is 4.98 Å². The van der Waals surface area contributed by atoms with E-state index in [4.69, 9.17) is 0 Å². The Morgan fingerprint density at radius 1 is 1.32 bits per heavy atom. The number of aryl methyl sites for hydroxylation is 2. The van der Waals surface area contributed by atoms with Gasteiger partial charge in [0.25, 0.3) is 0 Å². The van der Waals surface area contributed by atoms with Crippen LogP contribution in [0.2, 0.25) is 0 Å². The Hall–Kier alpha value is -1.42. The number of imidazole rings is 1. The first-order valence-electron chi connectivity index (χ1n) is 6.68. The first-order valence-corrected chi connectivity index (χ1v) is 7.91. The quantitative estimate of drug-likeness (QED) is 0.789. The largest absolute Gasteiger partial charge is 0.325 e. The Morgan fingerprint density at radius 2 is 2.11 bits per heavy atom. The third-order valence-corrected chi connectivity index (χ3v) is 3.80. The molecule has 0 atom stereocenters. The normalized spacial score (nSPS) is 10.7. The van der Waals surface area contributed by atoms with Crippen LogP contribution in [-0.2, 0) is 6.54 Å². The standard InChI is InChI=1S/C15H21N3S/c1-4-5-10-18-11-12(2)16-15(18)17-13-8-6-7-9-14(13)19-3/h6-9,11H,4-5,10H2,1-3H3,(H,16,17). The number of aromatic nitrogens is 2. The lowest BCUT2D eigenvalue weighted by molar-refractivity contribution is 0.637. The molecule has 2 rings (SSSR count). The second kappa shape index (κ2) is 6.66.